The van der Waals surface area contributed by atoms with Crippen molar-refractivity contribution in [2.75, 3.05) is 23.3 Å². The summed E-state index contributed by atoms with van der Waals surface area (Å²) in [6, 6.07) is 17.4. The van der Waals surface area contributed by atoms with Crippen LogP contribution in [-0.4, -0.2) is 34.8 Å². The number of anilines is 3. The van der Waals surface area contributed by atoms with Crippen LogP contribution in [0, 0.1) is 5.92 Å². The minimum Gasteiger partial charge on any atom is -0.323 e. The van der Waals surface area contributed by atoms with Gasteiger partial charge in [-0.1, -0.05) is 37.3 Å². The molecule has 2 amide bonds. The lowest BCUT2D eigenvalue weighted by Gasteiger charge is -2.30. The summed E-state index contributed by atoms with van der Waals surface area (Å²) in [6.07, 6.45) is 5.65. The molecule has 176 valence electrons. The van der Waals surface area contributed by atoms with Crippen LogP contribution in [0.25, 0.3) is 6.08 Å². The van der Waals surface area contributed by atoms with E-state index >= 15 is 0 Å². The predicted octanol–water partition coefficient (Wildman–Crippen LogP) is 5.71. The average Bonchev–Trinajstić information content (AvgIpc) is 3.29. The van der Waals surface area contributed by atoms with Crippen LogP contribution in [0.15, 0.2) is 66.1 Å². The third kappa shape index (κ3) is 6.40. The van der Waals surface area contributed by atoms with Crippen LogP contribution in [0.5, 0.6) is 0 Å². The van der Waals surface area contributed by atoms with Crippen LogP contribution in [-0.2, 0) is 16.1 Å². The number of rotatable bonds is 7. The number of likely N-dealkylation sites (tertiary alicyclic amines) is 1. The highest BCUT2D eigenvalue weighted by molar-refractivity contribution is 7.14. The second-order valence-electron chi connectivity index (χ2n) is 8.72. The number of carbonyl (C=O) groups is 2. The van der Waals surface area contributed by atoms with Gasteiger partial charge < -0.3 is 5.32 Å². The molecule has 0 radical (unpaired) electrons. The van der Waals surface area contributed by atoms with Crippen LogP contribution in [0.3, 0.4) is 0 Å². The second-order valence-corrected chi connectivity index (χ2v) is 9.56. The van der Waals surface area contributed by atoms with Gasteiger partial charge in [-0.25, -0.2) is 4.98 Å². The van der Waals surface area contributed by atoms with E-state index in [1.165, 1.54) is 42.7 Å². The molecule has 0 atom stereocenters. The molecule has 4 rings (SSSR count). The Morgan fingerprint density at radius 1 is 1.12 bits per heavy atom. The number of benzene rings is 2. The van der Waals surface area contributed by atoms with Crippen molar-refractivity contribution in [1.29, 1.82) is 0 Å². The number of carbonyl (C=O) groups excluding carboxylic acids is 2. The Morgan fingerprint density at radius 3 is 2.50 bits per heavy atom. The summed E-state index contributed by atoms with van der Waals surface area (Å²) in [5.74, 6) is 0.487. The summed E-state index contributed by atoms with van der Waals surface area (Å²) in [5, 5.41) is 5.29. The molecule has 0 saturated carbocycles. The second kappa shape index (κ2) is 11.2. The highest BCUT2D eigenvalue weighted by Crippen LogP contribution is 2.29. The van der Waals surface area contributed by atoms with Crippen molar-refractivity contribution >= 4 is 45.7 Å². The number of para-hydroxylation sites is 1. The highest BCUT2D eigenvalue weighted by atomic mass is 32.1. The van der Waals surface area contributed by atoms with Gasteiger partial charge in [-0.3, -0.25) is 19.4 Å². The Labute approximate surface area is 204 Å². The van der Waals surface area contributed by atoms with E-state index in [0.717, 1.165) is 36.9 Å². The Bertz CT molecular complexity index is 1130. The molecule has 1 aromatic heterocycles. The zero-order valence-corrected chi connectivity index (χ0v) is 20.4. The number of piperidine rings is 1. The van der Waals surface area contributed by atoms with Crippen molar-refractivity contribution in [3.05, 3.63) is 77.3 Å². The van der Waals surface area contributed by atoms with Gasteiger partial charge in [0.25, 0.3) is 0 Å². The summed E-state index contributed by atoms with van der Waals surface area (Å²) in [7, 11) is 0. The van der Waals surface area contributed by atoms with E-state index in [0.29, 0.717) is 10.8 Å². The van der Waals surface area contributed by atoms with Gasteiger partial charge >= 0.3 is 0 Å². The first-order valence-corrected chi connectivity index (χ1v) is 12.5. The standard InChI is InChI=1S/C27H30N4O2S/c1-20-14-16-30(17-15-20)18-22-8-10-23(11-9-22)28-26(33)13-12-24-19-34-27(29-24)31(21(2)32)25-6-4-3-5-7-25/h3-13,19-20H,14-18H2,1-2H3,(H,28,33)/b13-12+. The number of aromatic nitrogens is 1. The number of hydrogen-bond donors (Lipinski definition) is 1. The van der Waals surface area contributed by atoms with Gasteiger partial charge in [-0.2, -0.15) is 0 Å². The third-order valence-electron chi connectivity index (χ3n) is 5.94. The summed E-state index contributed by atoms with van der Waals surface area (Å²) >= 11 is 1.36. The zero-order valence-electron chi connectivity index (χ0n) is 19.6. The van der Waals surface area contributed by atoms with Gasteiger partial charge in [0.1, 0.15) is 0 Å². The van der Waals surface area contributed by atoms with Gasteiger partial charge in [0, 0.05) is 30.6 Å². The fraction of sp³-hybridized carbons (Fsp3) is 0.296. The average molecular weight is 475 g/mol. The van der Waals surface area contributed by atoms with Crippen molar-refractivity contribution in [1.82, 2.24) is 9.88 Å². The van der Waals surface area contributed by atoms with Crippen LogP contribution in [0.1, 0.15) is 37.9 Å². The molecule has 34 heavy (non-hydrogen) atoms. The lowest BCUT2D eigenvalue weighted by Crippen LogP contribution is -2.32. The normalized spacial score (nSPS) is 14.9. The number of nitrogens with one attached hydrogen (secondary N) is 1. The fourth-order valence-electron chi connectivity index (χ4n) is 3.98. The van der Waals surface area contributed by atoms with Gasteiger partial charge in [-0.15, -0.1) is 11.3 Å². The largest absolute Gasteiger partial charge is 0.323 e. The molecule has 2 heterocycles. The van der Waals surface area contributed by atoms with Crippen LogP contribution < -0.4 is 10.2 Å². The summed E-state index contributed by atoms with van der Waals surface area (Å²) in [6.45, 7) is 7.08. The fourth-order valence-corrected chi connectivity index (χ4v) is 4.83. The van der Waals surface area contributed by atoms with Crippen LogP contribution in [0.4, 0.5) is 16.5 Å². The maximum atomic E-state index is 12.4. The first kappa shape index (κ1) is 23.9. The molecule has 1 N–H and O–H groups in total. The zero-order chi connectivity index (χ0) is 23.9. The summed E-state index contributed by atoms with van der Waals surface area (Å²) in [5.41, 5.74) is 3.41. The SMILES string of the molecule is CC(=O)N(c1ccccc1)c1nc(/C=C/C(=O)Nc2ccc(CN3CCC(C)CC3)cc2)cs1. The lowest BCUT2D eigenvalue weighted by atomic mass is 9.99. The van der Waals surface area contributed by atoms with Gasteiger partial charge in [0.15, 0.2) is 5.13 Å². The van der Waals surface area contributed by atoms with Crippen molar-refractivity contribution < 1.29 is 9.59 Å². The molecule has 1 aliphatic rings. The minimum atomic E-state index is -0.223. The Morgan fingerprint density at radius 2 is 1.82 bits per heavy atom. The molecule has 6 nitrogen and oxygen atoms in total. The topological polar surface area (TPSA) is 65.5 Å². The van der Waals surface area contributed by atoms with Gasteiger partial charge in [0.05, 0.1) is 11.4 Å². The van der Waals surface area contributed by atoms with E-state index in [4.69, 9.17) is 0 Å². The number of nitrogens with zero attached hydrogens (tertiary/aromatic N) is 3. The smallest absolute Gasteiger partial charge is 0.248 e. The van der Waals surface area contributed by atoms with E-state index in [2.05, 4.69) is 34.3 Å². The third-order valence-corrected chi connectivity index (χ3v) is 6.78. The molecular weight excluding hydrogens is 444 g/mol. The molecule has 0 unspecified atom stereocenters. The molecule has 0 spiro atoms. The predicted molar refractivity (Wildman–Crippen MR) is 139 cm³/mol. The minimum absolute atomic E-state index is 0.118. The lowest BCUT2D eigenvalue weighted by molar-refractivity contribution is -0.116. The molecule has 1 saturated heterocycles. The van der Waals surface area contributed by atoms with E-state index in [1.807, 2.05) is 47.8 Å². The molecule has 1 fully saturated rings. The van der Waals surface area contributed by atoms with Crippen molar-refractivity contribution in [3.63, 3.8) is 0 Å². The first-order chi connectivity index (χ1) is 16.5. The molecule has 0 aliphatic carbocycles. The molecular formula is C27H30N4O2S. The van der Waals surface area contributed by atoms with E-state index in [-0.39, 0.29) is 11.8 Å². The molecule has 3 aromatic rings. The summed E-state index contributed by atoms with van der Waals surface area (Å²) in [4.78, 5) is 33.1. The van der Waals surface area contributed by atoms with E-state index in [1.54, 1.807) is 11.0 Å². The first-order valence-electron chi connectivity index (χ1n) is 11.6. The van der Waals surface area contributed by atoms with Gasteiger partial charge in [-0.05, 0) is 67.8 Å². The molecule has 0 bridgehead atoms. The van der Waals surface area contributed by atoms with Crippen LogP contribution in [0.2, 0.25) is 0 Å². The Balaban J connectivity index is 1.33. The molecule has 7 heteroatoms. The van der Waals surface area contributed by atoms with E-state index < -0.39 is 0 Å². The number of hydrogen-bond acceptors (Lipinski definition) is 5. The van der Waals surface area contributed by atoms with Crippen LogP contribution >= 0.6 is 11.3 Å². The molecule has 1 aliphatic heterocycles. The summed E-state index contributed by atoms with van der Waals surface area (Å²) < 4.78 is 0. The monoisotopic (exact) mass is 474 g/mol. The maximum Gasteiger partial charge on any atom is 0.248 e. The Kier molecular flexibility index (Phi) is 7.87. The quantitative estimate of drug-likeness (QED) is 0.445. The van der Waals surface area contributed by atoms with Crippen molar-refractivity contribution in [2.24, 2.45) is 5.92 Å². The number of thiazole rings is 1. The highest BCUT2D eigenvalue weighted by Gasteiger charge is 2.17. The molecule has 2 aromatic carbocycles. The van der Waals surface area contributed by atoms with Crippen molar-refractivity contribution in [3.8, 4) is 0 Å². The maximum absolute atomic E-state index is 12.4. The number of amides is 2. The Hall–Kier alpha value is -3.29. The van der Waals surface area contributed by atoms with Gasteiger partial charge in [0.2, 0.25) is 11.8 Å². The van der Waals surface area contributed by atoms with E-state index in [9.17, 15) is 9.59 Å². The van der Waals surface area contributed by atoms with Crippen molar-refractivity contribution in [2.45, 2.75) is 33.2 Å².